The maximum Gasteiger partial charge on any atom is 0.0594 e. The molecule has 0 bridgehead atoms. The first kappa shape index (κ1) is 6.55. The van der Waals surface area contributed by atoms with Gasteiger partial charge in [-0.2, -0.15) is 0 Å². The molecule has 0 aliphatic carbocycles. The molecular formula is C6H11NO2. The van der Waals surface area contributed by atoms with E-state index in [1.165, 1.54) is 0 Å². The third-order valence-corrected chi connectivity index (χ3v) is 1.43. The van der Waals surface area contributed by atoms with Crippen molar-refractivity contribution in [3.63, 3.8) is 0 Å². The Morgan fingerprint density at radius 3 is 3.00 bits per heavy atom. The van der Waals surface area contributed by atoms with Gasteiger partial charge in [-0.3, -0.25) is 0 Å². The molecule has 1 N–H and O–H groups in total. The largest absolute Gasteiger partial charge is 0.411 e. The number of hydrogen-bond acceptors (Lipinski definition) is 3. The van der Waals surface area contributed by atoms with Crippen LogP contribution in [0.2, 0.25) is 0 Å². The molecular weight excluding hydrogens is 118 g/mol. The second-order valence-electron chi connectivity index (χ2n) is 2.13. The van der Waals surface area contributed by atoms with Crippen LogP contribution in [0.1, 0.15) is 19.3 Å². The highest BCUT2D eigenvalue weighted by Gasteiger charge is 2.04. The molecule has 0 spiro atoms. The first-order chi connectivity index (χ1) is 4.43. The maximum atomic E-state index is 8.35. The molecule has 0 aromatic heterocycles. The summed E-state index contributed by atoms with van der Waals surface area (Å²) in [7, 11) is 0. The summed E-state index contributed by atoms with van der Waals surface area (Å²) < 4.78 is 5.13. The van der Waals surface area contributed by atoms with Gasteiger partial charge in [-0.25, -0.2) is 0 Å². The highest BCUT2D eigenvalue weighted by Crippen LogP contribution is 2.03. The van der Waals surface area contributed by atoms with E-state index in [0.29, 0.717) is 6.61 Å². The Labute approximate surface area is 54.3 Å². The van der Waals surface area contributed by atoms with Gasteiger partial charge in [0, 0.05) is 13.0 Å². The predicted molar refractivity (Wildman–Crippen MR) is 33.9 cm³/mol. The van der Waals surface area contributed by atoms with Crippen LogP contribution in [0.4, 0.5) is 0 Å². The molecule has 0 saturated carbocycles. The molecule has 0 atom stereocenters. The molecule has 0 radical (unpaired) electrons. The summed E-state index contributed by atoms with van der Waals surface area (Å²) >= 11 is 0. The van der Waals surface area contributed by atoms with E-state index in [4.69, 9.17) is 9.94 Å². The van der Waals surface area contributed by atoms with Crippen LogP contribution in [0.3, 0.4) is 0 Å². The molecule has 1 aliphatic rings. The van der Waals surface area contributed by atoms with Crippen molar-refractivity contribution < 1.29 is 9.94 Å². The van der Waals surface area contributed by atoms with Gasteiger partial charge < -0.3 is 9.94 Å². The van der Waals surface area contributed by atoms with Gasteiger partial charge in [0.2, 0.25) is 0 Å². The summed E-state index contributed by atoms with van der Waals surface area (Å²) in [6.07, 6.45) is 2.66. The van der Waals surface area contributed by atoms with Crippen molar-refractivity contribution in [1.29, 1.82) is 0 Å². The quantitative estimate of drug-likeness (QED) is 0.392. The zero-order valence-electron chi connectivity index (χ0n) is 5.34. The average Bonchev–Trinajstić information content (AvgIpc) is 2.13. The minimum absolute atomic E-state index is 0.708. The molecule has 1 aliphatic heterocycles. The molecule has 0 unspecified atom stereocenters. The van der Waals surface area contributed by atoms with E-state index in [-0.39, 0.29) is 0 Å². The molecule has 0 amide bonds. The molecule has 0 aromatic carbocycles. The Morgan fingerprint density at radius 1 is 1.33 bits per heavy atom. The average molecular weight is 129 g/mol. The monoisotopic (exact) mass is 129 g/mol. The van der Waals surface area contributed by atoms with Gasteiger partial charge in [-0.15, -0.1) is 0 Å². The van der Waals surface area contributed by atoms with Crippen molar-refractivity contribution in [1.82, 2.24) is 0 Å². The lowest BCUT2D eigenvalue weighted by atomic mass is 10.2. The molecule has 1 saturated heterocycles. The molecule has 52 valence electrons. The van der Waals surface area contributed by atoms with Gasteiger partial charge in [-0.1, -0.05) is 5.16 Å². The minimum atomic E-state index is 0.708. The fourth-order valence-corrected chi connectivity index (χ4v) is 0.895. The molecule has 9 heavy (non-hydrogen) atoms. The topological polar surface area (TPSA) is 41.8 Å². The molecule has 1 fully saturated rings. The highest BCUT2D eigenvalue weighted by atomic mass is 16.5. The Kier molecular flexibility index (Phi) is 2.51. The Balaban J connectivity index is 2.36. The molecule has 1 rings (SSSR count). The fourth-order valence-electron chi connectivity index (χ4n) is 0.895. The molecule has 3 heteroatoms. The van der Waals surface area contributed by atoms with Gasteiger partial charge in [0.05, 0.1) is 12.3 Å². The number of oxime groups is 1. The van der Waals surface area contributed by atoms with Crippen LogP contribution in [-0.2, 0) is 4.74 Å². The number of ether oxygens (including phenoxy) is 1. The van der Waals surface area contributed by atoms with Crippen LogP contribution >= 0.6 is 0 Å². The van der Waals surface area contributed by atoms with Gasteiger partial charge in [0.15, 0.2) is 0 Å². The minimum Gasteiger partial charge on any atom is -0.411 e. The fraction of sp³-hybridized carbons (Fsp3) is 0.833. The standard InChI is InChI=1S/C6H11NO2/c8-7-6-2-1-4-9-5-3-6/h8H,1-5H2/b7-6+. The van der Waals surface area contributed by atoms with Crippen LogP contribution in [0, 0.1) is 0 Å². The Morgan fingerprint density at radius 2 is 2.22 bits per heavy atom. The number of rotatable bonds is 0. The van der Waals surface area contributed by atoms with Crippen LogP contribution in [0.15, 0.2) is 5.16 Å². The van der Waals surface area contributed by atoms with Gasteiger partial charge in [0.1, 0.15) is 0 Å². The van der Waals surface area contributed by atoms with E-state index < -0.39 is 0 Å². The van der Waals surface area contributed by atoms with Gasteiger partial charge in [-0.05, 0) is 12.8 Å². The lowest BCUT2D eigenvalue weighted by molar-refractivity contribution is 0.146. The maximum absolute atomic E-state index is 8.35. The number of nitrogens with zero attached hydrogens (tertiary/aromatic N) is 1. The summed E-state index contributed by atoms with van der Waals surface area (Å²) in [6, 6.07) is 0. The van der Waals surface area contributed by atoms with E-state index >= 15 is 0 Å². The first-order valence-corrected chi connectivity index (χ1v) is 3.21. The van der Waals surface area contributed by atoms with E-state index in [1.54, 1.807) is 0 Å². The molecule has 1 heterocycles. The van der Waals surface area contributed by atoms with Gasteiger partial charge in [0.25, 0.3) is 0 Å². The summed E-state index contributed by atoms with van der Waals surface area (Å²) in [4.78, 5) is 0. The van der Waals surface area contributed by atoms with Crippen LogP contribution in [-0.4, -0.2) is 24.1 Å². The zero-order chi connectivity index (χ0) is 6.53. The third kappa shape index (κ3) is 2.01. The van der Waals surface area contributed by atoms with Crippen molar-refractivity contribution in [3.8, 4) is 0 Å². The van der Waals surface area contributed by atoms with E-state index in [0.717, 1.165) is 31.6 Å². The Hall–Kier alpha value is -0.570. The Bertz CT molecular complexity index is 102. The number of hydrogen-bond donors (Lipinski definition) is 1. The van der Waals surface area contributed by atoms with Crippen LogP contribution < -0.4 is 0 Å². The SMILES string of the molecule is O/N=C1\CCCOCC1. The summed E-state index contributed by atoms with van der Waals surface area (Å²) in [6.45, 7) is 1.51. The van der Waals surface area contributed by atoms with Crippen molar-refractivity contribution in [2.24, 2.45) is 5.16 Å². The summed E-state index contributed by atoms with van der Waals surface area (Å²) in [5.41, 5.74) is 0.868. The summed E-state index contributed by atoms with van der Waals surface area (Å²) in [5, 5.41) is 11.5. The summed E-state index contributed by atoms with van der Waals surface area (Å²) in [5.74, 6) is 0. The van der Waals surface area contributed by atoms with Crippen molar-refractivity contribution >= 4 is 5.71 Å². The van der Waals surface area contributed by atoms with Gasteiger partial charge >= 0.3 is 0 Å². The van der Waals surface area contributed by atoms with E-state index in [1.807, 2.05) is 0 Å². The third-order valence-electron chi connectivity index (χ3n) is 1.43. The molecule has 0 aromatic rings. The van der Waals surface area contributed by atoms with Crippen LogP contribution in [0.5, 0.6) is 0 Å². The normalized spacial score (nSPS) is 26.0. The zero-order valence-corrected chi connectivity index (χ0v) is 5.34. The molecule has 3 nitrogen and oxygen atoms in total. The lowest BCUT2D eigenvalue weighted by Crippen LogP contribution is -1.97. The van der Waals surface area contributed by atoms with E-state index in [2.05, 4.69) is 5.16 Å². The van der Waals surface area contributed by atoms with E-state index in [9.17, 15) is 0 Å². The van der Waals surface area contributed by atoms with Crippen molar-refractivity contribution in [3.05, 3.63) is 0 Å². The predicted octanol–water partition coefficient (Wildman–Crippen LogP) is 1.02. The lowest BCUT2D eigenvalue weighted by Gasteiger charge is -1.93. The highest BCUT2D eigenvalue weighted by molar-refractivity contribution is 5.84. The second kappa shape index (κ2) is 3.45. The van der Waals surface area contributed by atoms with Crippen molar-refractivity contribution in [2.45, 2.75) is 19.3 Å². The van der Waals surface area contributed by atoms with Crippen LogP contribution in [0.25, 0.3) is 0 Å². The van der Waals surface area contributed by atoms with Crippen molar-refractivity contribution in [2.75, 3.05) is 13.2 Å². The first-order valence-electron chi connectivity index (χ1n) is 3.21. The second-order valence-corrected chi connectivity index (χ2v) is 2.13. The smallest absolute Gasteiger partial charge is 0.0594 e.